The largest absolute Gasteiger partial charge is 0.346 e. The van der Waals surface area contributed by atoms with Crippen molar-refractivity contribution in [2.75, 3.05) is 6.54 Å². The summed E-state index contributed by atoms with van der Waals surface area (Å²) in [5.41, 5.74) is 2.65. The second-order valence-electron chi connectivity index (χ2n) is 8.48. The van der Waals surface area contributed by atoms with Crippen molar-refractivity contribution in [1.29, 1.82) is 0 Å². The number of aromatic nitrogens is 2. The van der Waals surface area contributed by atoms with Gasteiger partial charge in [-0.3, -0.25) is 14.6 Å². The Labute approximate surface area is 203 Å². The lowest BCUT2D eigenvalue weighted by Crippen LogP contribution is -2.44. The highest BCUT2D eigenvalue weighted by molar-refractivity contribution is 7.83. The lowest BCUT2D eigenvalue weighted by atomic mass is 9.88. The zero-order chi connectivity index (χ0) is 24.5. The van der Waals surface area contributed by atoms with Gasteiger partial charge in [0.2, 0.25) is 5.91 Å². The van der Waals surface area contributed by atoms with Crippen molar-refractivity contribution in [2.24, 2.45) is 5.92 Å². The van der Waals surface area contributed by atoms with E-state index in [9.17, 15) is 13.8 Å². The first kappa shape index (κ1) is 25.4. The molecule has 0 saturated heterocycles. The Morgan fingerprint density at radius 2 is 1.68 bits per heavy atom. The molecule has 0 bridgehead atoms. The zero-order valence-electron chi connectivity index (χ0n) is 19.6. The van der Waals surface area contributed by atoms with Crippen molar-refractivity contribution in [3.05, 3.63) is 78.6 Å². The molecule has 7 nitrogen and oxygen atoms in total. The summed E-state index contributed by atoms with van der Waals surface area (Å²) in [6.07, 6.45) is 3.92. The summed E-state index contributed by atoms with van der Waals surface area (Å²) >= 11 is 0. The average molecular weight is 479 g/mol. The van der Waals surface area contributed by atoms with Gasteiger partial charge in [0.05, 0.1) is 24.2 Å². The number of carbonyl (C=O) groups is 2. The molecule has 178 valence electrons. The third-order valence-corrected chi connectivity index (χ3v) is 6.35. The summed E-state index contributed by atoms with van der Waals surface area (Å²) in [6.45, 7) is 5.62. The SMILES string of the molecule is CC(C)CC(C(=O)N[C@@H](C)C(=O)CNS(=O)c1ccccn1)c1cccc(-c2ccccn2)c1. The van der Waals surface area contributed by atoms with E-state index < -0.39 is 22.9 Å². The van der Waals surface area contributed by atoms with Crippen LogP contribution in [0.5, 0.6) is 0 Å². The van der Waals surface area contributed by atoms with Gasteiger partial charge in [-0.05, 0) is 55.2 Å². The van der Waals surface area contributed by atoms with Crippen LogP contribution in [-0.2, 0) is 20.6 Å². The molecule has 34 heavy (non-hydrogen) atoms. The van der Waals surface area contributed by atoms with Crippen LogP contribution < -0.4 is 10.0 Å². The number of hydrogen-bond acceptors (Lipinski definition) is 5. The van der Waals surface area contributed by atoms with Crippen LogP contribution in [-0.4, -0.2) is 38.5 Å². The standard InChI is InChI=1S/C26H30N4O3S/c1-18(2)15-22(20-9-8-10-21(16-20)23-11-4-6-13-27-23)26(32)30-19(3)24(31)17-29-34(33)25-12-5-7-14-28-25/h4-14,16,18-19,22,29H,15,17H2,1-3H3,(H,30,32)/t19-,22?,34?/m0/s1. The Morgan fingerprint density at radius 3 is 2.32 bits per heavy atom. The van der Waals surface area contributed by atoms with Crippen LogP contribution in [0.4, 0.5) is 0 Å². The molecule has 2 heterocycles. The van der Waals surface area contributed by atoms with Gasteiger partial charge < -0.3 is 5.32 Å². The van der Waals surface area contributed by atoms with Crippen LogP contribution in [0, 0.1) is 5.92 Å². The van der Waals surface area contributed by atoms with Gasteiger partial charge in [0, 0.05) is 18.0 Å². The van der Waals surface area contributed by atoms with Crippen molar-refractivity contribution < 1.29 is 13.8 Å². The maximum absolute atomic E-state index is 13.2. The molecular weight excluding hydrogens is 448 g/mol. The van der Waals surface area contributed by atoms with E-state index in [1.165, 1.54) is 6.20 Å². The summed E-state index contributed by atoms with van der Waals surface area (Å²) in [7, 11) is -1.60. The normalized spacial score (nSPS) is 13.8. The van der Waals surface area contributed by atoms with Crippen LogP contribution in [0.25, 0.3) is 11.3 Å². The van der Waals surface area contributed by atoms with Crippen LogP contribution in [0.15, 0.2) is 78.1 Å². The van der Waals surface area contributed by atoms with Crippen molar-refractivity contribution in [3.63, 3.8) is 0 Å². The number of amides is 1. The fraction of sp³-hybridized carbons (Fsp3) is 0.308. The van der Waals surface area contributed by atoms with E-state index in [1.807, 2.05) is 42.5 Å². The van der Waals surface area contributed by atoms with E-state index in [-0.39, 0.29) is 24.2 Å². The number of ketones is 1. The summed E-state index contributed by atoms with van der Waals surface area (Å²) < 4.78 is 14.9. The van der Waals surface area contributed by atoms with Gasteiger partial charge in [0.25, 0.3) is 0 Å². The van der Waals surface area contributed by atoms with Gasteiger partial charge in [-0.2, -0.15) is 0 Å². The number of nitrogens with one attached hydrogen (secondary N) is 2. The Morgan fingerprint density at radius 1 is 0.941 bits per heavy atom. The van der Waals surface area contributed by atoms with Crippen LogP contribution in [0.3, 0.4) is 0 Å². The quantitative estimate of drug-likeness (QED) is 0.438. The molecule has 1 amide bonds. The summed E-state index contributed by atoms with van der Waals surface area (Å²) in [4.78, 5) is 34.2. The number of Topliss-reactive ketones (excluding diaryl/α,β-unsaturated/α-hetero) is 1. The number of pyridine rings is 2. The highest BCUT2D eigenvalue weighted by Crippen LogP contribution is 2.28. The molecule has 2 aromatic heterocycles. The van der Waals surface area contributed by atoms with Crippen molar-refractivity contribution in [2.45, 2.75) is 44.2 Å². The van der Waals surface area contributed by atoms with Crippen molar-refractivity contribution in [3.8, 4) is 11.3 Å². The number of carbonyl (C=O) groups excluding carboxylic acids is 2. The molecule has 0 aliphatic heterocycles. The molecule has 1 aromatic carbocycles. The minimum absolute atomic E-state index is 0.144. The smallest absolute Gasteiger partial charge is 0.228 e. The van der Waals surface area contributed by atoms with Crippen LogP contribution >= 0.6 is 0 Å². The molecule has 0 saturated carbocycles. The highest BCUT2D eigenvalue weighted by Gasteiger charge is 2.25. The van der Waals surface area contributed by atoms with Crippen molar-refractivity contribution >= 4 is 22.7 Å². The maximum Gasteiger partial charge on any atom is 0.228 e. The fourth-order valence-corrected chi connectivity index (χ4v) is 4.31. The Balaban J connectivity index is 1.67. The number of benzene rings is 1. The molecule has 0 spiro atoms. The number of hydrogen-bond donors (Lipinski definition) is 2. The molecular formula is C26H30N4O3S. The lowest BCUT2D eigenvalue weighted by molar-refractivity contribution is -0.128. The van der Waals surface area contributed by atoms with Gasteiger partial charge in [0.1, 0.15) is 16.0 Å². The molecule has 8 heteroatoms. The highest BCUT2D eigenvalue weighted by atomic mass is 32.2. The van der Waals surface area contributed by atoms with Gasteiger partial charge in [-0.25, -0.2) is 13.9 Å². The molecule has 2 N–H and O–H groups in total. The van der Waals surface area contributed by atoms with Gasteiger partial charge in [0.15, 0.2) is 5.78 Å². The molecule has 0 radical (unpaired) electrons. The van der Waals surface area contributed by atoms with E-state index >= 15 is 0 Å². The second-order valence-corrected chi connectivity index (χ2v) is 9.72. The first-order valence-electron chi connectivity index (χ1n) is 11.3. The summed E-state index contributed by atoms with van der Waals surface area (Å²) in [5.74, 6) is -0.598. The number of nitrogens with zero attached hydrogens (tertiary/aromatic N) is 2. The van der Waals surface area contributed by atoms with E-state index in [2.05, 4.69) is 33.9 Å². The molecule has 3 rings (SSSR count). The van der Waals surface area contributed by atoms with E-state index in [0.29, 0.717) is 11.4 Å². The first-order chi connectivity index (χ1) is 16.3. The van der Waals surface area contributed by atoms with Crippen LogP contribution in [0.2, 0.25) is 0 Å². The summed E-state index contributed by atoms with van der Waals surface area (Å²) in [6, 6.07) is 17.9. The zero-order valence-corrected chi connectivity index (χ0v) is 20.4. The minimum atomic E-state index is -1.60. The van der Waals surface area contributed by atoms with E-state index in [0.717, 1.165) is 16.8 Å². The second kappa shape index (κ2) is 12.3. The van der Waals surface area contributed by atoms with Crippen LogP contribution in [0.1, 0.15) is 38.7 Å². The Kier molecular flexibility index (Phi) is 9.18. The van der Waals surface area contributed by atoms with Crippen molar-refractivity contribution in [1.82, 2.24) is 20.0 Å². The van der Waals surface area contributed by atoms with Gasteiger partial charge in [-0.15, -0.1) is 0 Å². The molecule has 0 aliphatic rings. The van der Waals surface area contributed by atoms with Gasteiger partial charge >= 0.3 is 0 Å². The Hall–Kier alpha value is -3.23. The van der Waals surface area contributed by atoms with E-state index in [4.69, 9.17) is 0 Å². The maximum atomic E-state index is 13.2. The number of rotatable bonds is 11. The predicted molar refractivity (Wildman–Crippen MR) is 133 cm³/mol. The third kappa shape index (κ3) is 7.13. The van der Waals surface area contributed by atoms with E-state index in [1.54, 1.807) is 31.3 Å². The molecule has 0 fully saturated rings. The Bertz CT molecular complexity index is 1120. The average Bonchev–Trinajstić information content (AvgIpc) is 2.86. The monoisotopic (exact) mass is 478 g/mol. The lowest BCUT2D eigenvalue weighted by Gasteiger charge is -2.22. The molecule has 3 atom stereocenters. The molecule has 3 aromatic rings. The fourth-order valence-electron chi connectivity index (χ4n) is 3.53. The first-order valence-corrected chi connectivity index (χ1v) is 12.4. The molecule has 2 unspecified atom stereocenters. The molecule has 0 aliphatic carbocycles. The minimum Gasteiger partial charge on any atom is -0.346 e. The third-order valence-electron chi connectivity index (χ3n) is 5.32. The summed E-state index contributed by atoms with van der Waals surface area (Å²) in [5, 5.41) is 3.19. The van der Waals surface area contributed by atoms with Gasteiger partial charge in [-0.1, -0.05) is 44.2 Å². The predicted octanol–water partition coefficient (Wildman–Crippen LogP) is 3.66. The topological polar surface area (TPSA) is 101 Å².